The summed E-state index contributed by atoms with van der Waals surface area (Å²) in [6, 6.07) is 3.49. The minimum atomic E-state index is -0.606. The molecule has 0 bridgehead atoms. The van der Waals surface area contributed by atoms with Crippen LogP contribution in [0.4, 0.5) is 5.69 Å². The first kappa shape index (κ1) is 20.9. The van der Waals surface area contributed by atoms with Gasteiger partial charge in [-0.05, 0) is 44.0 Å². The molecule has 0 aromatic heterocycles. The van der Waals surface area contributed by atoms with Crippen LogP contribution in [0.2, 0.25) is 5.02 Å². The molecule has 1 aromatic rings. The molecule has 0 aliphatic carbocycles. The number of terminal acetylenes is 1. The van der Waals surface area contributed by atoms with Gasteiger partial charge in [0.2, 0.25) is 5.91 Å². The number of nitrogens with two attached hydrogens (primary N) is 2. The molecule has 7 heteroatoms. The Labute approximate surface area is 172 Å². The zero-order valence-corrected chi connectivity index (χ0v) is 17.3. The van der Waals surface area contributed by atoms with Crippen molar-refractivity contribution in [1.82, 2.24) is 14.7 Å². The second-order valence-corrected chi connectivity index (χ2v) is 8.30. The SMILES string of the molecule is C#Cc1cc(C[C@@H](N)C(=O)N2CCC(N3CCN(C)CC3)CC2)cc(Cl)c1N. The Morgan fingerprint density at radius 3 is 2.50 bits per heavy atom. The summed E-state index contributed by atoms with van der Waals surface area (Å²) in [5, 5.41) is 0.401. The molecule has 0 spiro atoms. The number of carbonyl (C=O) groups is 1. The first-order chi connectivity index (χ1) is 13.4. The highest BCUT2D eigenvalue weighted by atomic mass is 35.5. The molecule has 0 unspecified atom stereocenters. The summed E-state index contributed by atoms with van der Waals surface area (Å²) < 4.78 is 0. The summed E-state index contributed by atoms with van der Waals surface area (Å²) in [7, 11) is 2.17. The maximum absolute atomic E-state index is 12.8. The molecule has 0 saturated carbocycles. The number of halogens is 1. The number of piperidine rings is 1. The molecular weight excluding hydrogens is 374 g/mol. The highest BCUT2D eigenvalue weighted by Gasteiger charge is 2.30. The van der Waals surface area contributed by atoms with Gasteiger partial charge in [-0.2, -0.15) is 0 Å². The average Bonchev–Trinajstić information content (AvgIpc) is 2.70. The van der Waals surface area contributed by atoms with Crippen LogP contribution in [0.1, 0.15) is 24.0 Å². The number of hydrogen-bond donors (Lipinski definition) is 2. The van der Waals surface area contributed by atoms with E-state index in [1.807, 2.05) is 4.90 Å². The number of carbonyl (C=O) groups excluding carboxylic acids is 1. The zero-order chi connectivity index (χ0) is 20.3. The van der Waals surface area contributed by atoms with Crippen molar-refractivity contribution in [1.29, 1.82) is 0 Å². The first-order valence-electron chi connectivity index (χ1n) is 9.90. The molecule has 3 rings (SSSR count). The lowest BCUT2D eigenvalue weighted by molar-refractivity contribution is -0.134. The number of hydrogen-bond acceptors (Lipinski definition) is 5. The standard InChI is InChI=1S/C21H30ClN5O/c1-3-16-12-15(13-18(22)20(16)24)14-19(23)21(28)27-6-4-17(5-7-27)26-10-8-25(2)9-11-26/h1,12-13,17,19H,4-11,14,23-24H2,2H3/t19-/m1/s1. The van der Waals surface area contributed by atoms with E-state index in [2.05, 4.69) is 22.8 Å². The lowest BCUT2D eigenvalue weighted by atomic mass is 9.99. The Hall–Kier alpha value is -1.78. The number of benzene rings is 1. The van der Waals surface area contributed by atoms with Gasteiger partial charge in [0.25, 0.3) is 0 Å². The summed E-state index contributed by atoms with van der Waals surface area (Å²) in [5.41, 5.74) is 13.8. The minimum absolute atomic E-state index is 0.00738. The second-order valence-electron chi connectivity index (χ2n) is 7.89. The molecular formula is C21H30ClN5O. The lowest BCUT2D eigenvalue weighted by Gasteiger charge is -2.42. The third-order valence-corrected chi connectivity index (χ3v) is 6.26. The highest BCUT2D eigenvalue weighted by molar-refractivity contribution is 6.33. The Kier molecular flexibility index (Phi) is 6.84. The van der Waals surface area contributed by atoms with Crippen LogP contribution in [0.3, 0.4) is 0 Å². The van der Waals surface area contributed by atoms with E-state index in [4.69, 9.17) is 29.5 Å². The molecule has 4 N–H and O–H groups in total. The van der Waals surface area contributed by atoms with Crippen molar-refractivity contribution in [3.05, 3.63) is 28.3 Å². The molecule has 152 valence electrons. The second kappa shape index (κ2) is 9.15. The number of likely N-dealkylation sites (N-methyl/N-ethyl adjacent to an activating group) is 1. The number of piperazine rings is 1. The number of nitrogen functional groups attached to an aromatic ring is 1. The summed E-state index contributed by atoms with van der Waals surface area (Å²) in [6.07, 6.45) is 7.89. The molecule has 1 atom stereocenters. The van der Waals surface area contributed by atoms with Gasteiger partial charge in [-0.25, -0.2) is 0 Å². The predicted octanol–water partition coefficient (Wildman–Crippen LogP) is 1.01. The Bertz CT molecular complexity index is 746. The van der Waals surface area contributed by atoms with E-state index in [1.54, 1.807) is 12.1 Å². The number of likely N-dealkylation sites (tertiary alicyclic amines) is 1. The first-order valence-corrected chi connectivity index (χ1v) is 10.3. The van der Waals surface area contributed by atoms with Crippen LogP contribution in [0.25, 0.3) is 0 Å². The summed E-state index contributed by atoms with van der Waals surface area (Å²) in [6.45, 7) is 6.00. The maximum atomic E-state index is 12.8. The van der Waals surface area contributed by atoms with Crippen molar-refractivity contribution >= 4 is 23.2 Å². The minimum Gasteiger partial charge on any atom is -0.397 e. The van der Waals surface area contributed by atoms with E-state index in [-0.39, 0.29) is 5.91 Å². The van der Waals surface area contributed by atoms with Gasteiger partial charge in [0.1, 0.15) is 0 Å². The van der Waals surface area contributed by atoms with E-state index in [9.17, 15) is 4.79 Å². The fraction of sp³-hybridized carbons (Fsp3) is 0.571. The van der Waals surface area contributed by atoms with E-state index in [1.165, 1.54) is 0 Å². The molecule has 2 aliphatic rings. The van der Waals surface area contributed by atoms with Crippen molar-refractivity contribution < 1.29 is 4.79 Å². The van der Waals surface area contributed by atoms with Crippen LogP contribution < -0.4 is 11.5 Å². The van der Waals surface area contributed by atoms with E-state index < -0.39 is 6.04 Å². The van der Waals surface area contributed by atoms with Gasteiger partial charge in [0, 0.05) is 50.9 Å². The van der Waals surface area contributed by atoms with Gasteiger partial charge in [0.15, 0.2) is 0 Å². The normalized spacial score (nSPS) is 20.7. The third-order valence-electron chi connectivity index (χ3n) is 5.95. The fourth-order valence-corrected chi connectivity index (χ4v) is 4.37. The summed E-state index contributed by atoms with van der Waals surface area (Å²) >= 11 is 6.14. The van der Waals surface area contributed by atoms with Gasteiger partial charge < -0.3 is 21.3 Å². The topological polar surface area (TPSA) is 78.8 Å². The van der Waals surface area contributed by atoms with E-state index in [0.717, 1.165) is 57.7 Å². The van der Waals surface area contributed by atoms with Gasteiger partial charge in [-0.3, -0.25) is 9.69 Å². The molecule has 2 aliphatic heterocycles. The number of nitrogens with zero attached hydrogens (tertiary/aromatic N) is 3. The van der Waals surface area contributed by atoms with Crippen molar-refractivity contribution in [3.8, 4) is 12.3 Å². The average molecular weight is 404 g/mol. The Morgan fingerprint density at radius 1 is 1.25 bits per heavy atom. The van der Waals surface area contributed by atoms with Crippen LogP contribution in [-0.2, 0) is 11.2 Å². The molecule has 1 amide bonds. The van der Waals surface area contributed by atoms with Crippen LogP contribution in [0, 0.1) is 12.3 Å². The Morgan fingerprint density at radius 2 is 1.89 bits per heavy atom. The Balaban J connectivity index is 1.54. The predicted molar refractivity (Wildman–Crippen MR) is 114 cm³/mol. The van der Waals surface area contributed by atoms with Crippen molar-refractivity contribution in [2.45, 2.75) is 31.3 Å². The number of rotatable bonds is 4. The van der Waals surface area contributed by atoms with E-state index in [0.29, 0.717) is 28.7 Å². The summed E-state index contributed by atoms with van der Waals surface area (Å²) in [4.78, 5) is 19.7. The van der Waals surface area contributed by atoms with Crippen molar-refractivity contribution in [2.24, 2.45) is 5.73 Å². The summed E-state index contributed by atoms with van der Waals surface area (Å²) in [5.74, 6) is 2.52. The number of anilines is 1. The zero-order valence-electron chi connectivity index (χ0n) is 16.5. The molecule has 6 nitrogen and oxygen atoms in total. The monoisotopic (exact) mass is 403 g/mol. The molecule has 2 heterocycles. The van der Waals surface area contributed by atoms with Crippen LogP contribution >= 0.6 is 11.6 Å². The van der Waals surface area contributed by atoms with Crippen LogP contribution in [0.15, 0.2) is 12.1 Å². The smallest absolute Gasteiger partial charge is 0.239 e. The quantitative estimate of drug-likeness (QED) is 0.579. The number of amides is 1. The van der Waals surface area contributed by atoms with Gasteiger partial charge in [0.05, 0.1) is 16.8 Å². The van der Waals surface area contributed by atoms with Crippen molar-refractivity contribution in [2.75, 3.05) is 52.0 Å². The van der Waals surface area contributed by atoms with Crippen LogP contribution in [-0.4, -0.2) is 79.0 Å². The van der Waals surface area contributed by atoms with Gasteiger partial charge in [-0.15, -0.1) is 6.42 Å². The maximum Gasteiger partial charge on any atom is 0.239 e. The largest absolute Gasteiger partial charge is 0.397 e. The van der Waals surface area contributed by atoms with Gasteiger partial charge >= 0.3 is 0 Å². The fourth-order valence-electron chi connectivity index (χ4n) is 4.13. The molecule has 28 heavy (non-hydrogen) atoms. The van der Waals surface area contributed by atoms with Crippen molar-refractivity contribution in [3.63, 3.8) is 0 Å². The highest BCUT2D eigenvalue weighted by Crippen LogP contribution is 2.25. The molecule has 2 saturated heterocycles. The van der Waals surface area contributed by atoms with Gasteiger partial charge in [-0.1, -0.05) is 17.5 Å². The van der Waals surface area contributed by atoms with E-state index >= 15 is 0 Å². The lowest BCUT2D eigenvalue weighted by Crippen LogP contribution is -2.54. The van der Waals surface area contributed by atoms with Crippen LogP contribution in [0.5, 0.6) is 0 Å². The molecule has 0 radical (unpaired) electrons. The third kappa shape index (κ3) is 4.79. The molecule has 1 aromatic carbocycles. The molecule has 2 fully saturated rings.